The number of ether oxygens (including phenoxy) is 2. The Morgan fingerprint density at radius 3 is 2.81 bits per heavy atom. The van der Waals surface area contributed by atoms with Crippen LogP contribution in [0.3, 0.4) is 0 Å². The number of hydrogen-bond donors (Lipinski definition) is 2. The maximum atomic E-state index is 14.6. The molecule has 8 nitrogen and oxygen atoms in total. The first-order valence-electron chi connectivity index (χ1n) is 11.3. The summed E-state index contributed by atoms with van der Waals surface area (Å²) < 4.78 is 27.3. The van der Waals surface area contributed by atoms with Crippen molar-refractivity contribution in [1.82, 2.24) is 24.9 Å². The van der Waals surface area contributed by atoms with E-state index in [1.807, 2.05) is 16.6 Å². The molecule has 3 fully saturated rings. The van der Waals surface area contributed by atoms with Crippen LogP contribution in [0.4, 0.5) is 10.2 Å². The van der Waals surface area contributed by atoms with Crippen LogP contribution in [0.5, 0.6) is 5.75 Å². The molecule has 6 rings (SSSR count). The normalized spacial score (nSPS) is 23.8. The van der Waals surface area contributed by atoms with Crippen LogP contribution in [0.15, 0.2) is 24.4 Å². The van der Waals surface area contributed by atoms with Crippen LogP contribution in [0, 0.1) is 0 Å². The van der Waals surface area contributed by atoms with Gasteiger partial charge >= 0.3 is 0 Å². The Bertz CT molecular complexity index is 1140. The standard InChI is InChI=1S/C23H27FN6O2/c1-31-20-8-21-26-10-19(30(21)29-22(20)13-2-3-13)17-5-4-15(14-11-32-12-14)23(27-17)28-18-9-25-7-6-16(18)24/h4-5,8,10,13-14,16,18,25H,2-3,6-7,9,11-12H2,1H3,(H,27,28)/t16-,18-/m1/s1. The molecule has 168 valence electrons. The van der Waals surface area contributed by atoms with Crippen molar-refractivity contribution >= 4 is 11.5 Å². The summed E-state index contributed by atoms with van der Waals surface area (Å²) in [5.74, 6) is 2.22. The summed E-state index contributed by atoms with van der Waals surface area (Å²) in [6.07, 6.45) is 3.64. The molecule has 0 unspecified atom stereocenters. The minimum absolute atomic E-state index is 0.278. The third kappa shape index (κ3) is 3.49. The van der Waals surface area contributed by atoms with E-state index in [9.17, 15) is 4.39 Å². The summed E-state index contributed by atoms with van der Waals surface area (Å²) in [6.45, 7) is 2.62. The fourth-order valence-electron chi connectivity index (χ4n) is 4.51. The van der Waals surface area contributed by atoms with E-state index in [2.05, 4.69) is 21.7 Å². The van der Waals surface area contributed by atoms with Crippen molar-refractivity contribution < 1.29 is 13.9 Å². The summed E-state index contributed by atoms with van der Waals surface area (Å²) in [5, 5.41) is 11.5. The molecule has 3 aliphatic rings. The average molecular weight is 439 g/mol. The molecule has 5 heterocycles. The predicted molar refractivity (Wildman–Crippen MR) is 118 cm³/mol. The van der Waals surface area contributed by atoms with E-state index in [1.165, 1.54) is 0 Å². The molecule has 2 aliphatic heterocycles. The highest BCUT2D eigenvalue weighted by Gasteiger charge is 2.31. The minimum atomic E-state index is -0.904. The van der Waals surface area contributed by atoms with Crippen LogP contribution < -0.4 is 15.4 Å². The predicted octanol–water partition coefficient (Wildman–Crippen LogP) is 2.90. The van der Waals surface area contributed by atoms with Gasteiger partial charge in [-0.25, -0.2) is 18.9 Å². The molecule has 0 radical (unpaired) electrons. The summed E-state index contributed by atoms with van der Waals surface area (Å²) in [5.41, 5.74) is 4.31. The smallest absolute Gasteiger partial charge is 0.157 e. The summed E-state index contributed by atoms with van der Waals surface area (Å²) in [7, 11) is 1.67. The molecule has 3 aromatic rings. The number of aromatic nitrogens is 4. The third-order valence-corrected chi connectivity index (χ3v) is 6.66. The van der Waals surface area contributed by atoms with Crippen LogP contribution in [-0.4, -0.2) is 65.2 Å². The minimum Gasteiger partial charge on any atom is -0.495 e. The van der Waals surface area contributed by atoms with Crippen molar-refractivity contribution in [2.75, 3.05) is 38.7 Å². The van der Waals surface area contributed by atoms with Crippen molar-refractivity contribution in [2.24, 2.45) is 0 Å². The second-order valence-corrected chi connectivity index (χ2v) is 8.91. The molecule has 1 aliphatic carbocycles. The molecular formula is C23H27FN6O2. The number of nitrogens with zero attached hydrogens (tertiary/aromatic N) is 4. The Morgan fingerprint density at radius 1 is 1.22 bits per heavy atom. The highest BCUT2D eigenvalue weighted by atomic mass is 19.1. The topological polar surface area (TPSA) is 85.6 Å². The Hall–Kier alpha value is -2.78. The lowest BCUT2D eigenvalue weighted by Crippen LogP contribution is -2.46. The zero-order valence-corrected chi connectivity index (χ0v) is 18.1. The fourth-order valence-corrected chi connectivity index (χ4v) is 4.51. The summed E-state index contributed by atoms with van der Waals surface area (Å²) in [4.78, 5) is 9.47. The Labute approximate surface area is 185 Å². The van der Waals surface area contributed by atoms with Gasteiger partial charge in [-0.3, -0.25) is 0 Å². The van der Waals surface area contributed by atoms with E-state index < -0.39 is 6.17 Å². The first kappa shape index (κ1) is 19.9. The summed E-state index contributed by atoms with van der Waals surface area (Å²) in [6, 6.07) is 5.70. The number of alkyl halides is 1. The SMILES string of the molecule is COc1cc2ncc(-c3ccc(C4COC4)c(N[C@@H]4CNCC[C@H]4F)n3)n2nc1C1CC1. The number of methoxy groups -OCH3 is 1. The van der Waals surface area contributed by atoms with Gasteiger partial charge in [0.25, 0.3) is 0 Å². The van der Waals surface area contributed by atoms with Gasteiger partial charge in [-0.1, -0.05) is 6.07 Å². The number of nitrogens with one attached hydrogen (secondary N) is 2. The number of rotatable bonds is 6. The highest BCUT2D eigenvalue weighted by molar-refractivity contribution is 5.64. The van der Waals surface area contributed by atoms with Gasteiger partial charge < -0.3 is 20.1 Å². The Balaban J connectivity index is 1.40. The van der Waals surface area contributed by atoms with Crippen molar-refractivity contribution in [3.8, 4) is 17.1 Å². The van der Waals surface area contributed by atoms with Crippen molar-refractivity contribution in [1.29, 1.82) is 0 Å². The van der Waals surface area contributed by atoms with Crippen molar-refractivity contribution in [2.45, 2.75) is 43.3 Å². The quantitative estimate of drug-likeness (QED) is 0.612. The zero-order valence-electron chi connectivity index (χ0n) is 18.1. The second-order valence-electron chi connectivity index (χ2n) is 8.91. The number of imidazole rings is 1. The molecule has 0 bridgehead atoms. The van der Waals surface area contributed by atoms with Crippen LogP contribution in [0.2, 0.25) is 0 Å². The number of halogens is 1. The molecule has 2 saturated heterocycles. The number of anilines is 1. The molecule has 0 amide bonds. The molecule has 9 heteroatoms. The Kier molecular flexibility index (Phi) is 4.95. The van der Waals surface area contributed by atoms with Gasteiger partial charge in [-0.15, -0.1) is 0 Å². The molecule has 2 N–H and O–H groups in total. The maximum absolute atomic E-state index is 14.6. The van der Waals surface area contributed by atoms with Gasteiger partial charge in [0, 0.05) is 30.0 Å². The van der Waals surface area contributed by atoms with E-state index in [4.69, 9.17) is 19.6 Å². The van der Waals surface area contributed by atoms with Gasteiger partial charge in [-0.05, 0) is 31.9 Å². The first-order valence-corrected chi connectivity index (χ1v) is 11.3. The number of hydrogen-bond acceptors (Lipinski definition) is 7. The lowest BCUT2D eigenvalue weighted by Gasteiger charge is -2.32. The van der Waals surface area contributed by atoms with Crippen molar-refractivity contribution in [3.05, 3.63) is 35.7 Å². The van der Waals surface area contributed by atoms with Crippen LogP contribution in [-0.2, 0) is 4.74 Å². The molecule has 2 atom stereocenters. The summed E-state index contributed by atoms with van der Waals surface area (Å²) >= 11 is 0. The van der Waals surface area contributed by atoms with Crippen molar-refractivity contribution in [3.63, 3.8) is 0 Å². The third-order valence-electron chi connectivity index (χ3n) is 6.66. The molecular weight excluding hydrogens is 411 g/mol. The average Bonchev–Trinajstić information content (AvgIpc) is 3.54. The number of fused-ring (bicyclic) bond motifs is 1. The molecule has 3 aromatic heterocycles. The second kappa shape index (κ2) is 7.97. The van der Waals surface area contributed by atoms with E-state index >= 15 is 0 Å². The van der Waals surface area contributed by atoms with E-state index in [-0.39, 0.29) is 12.0 Å². The van der Waals surface area contributed by atoms with Gasteiger partial charge in [0.05, 0.1) is 38.3 Å². The number of pyridine rings is 1. The zero-order chi connectivity index (χ0) is 21.7. The number of piperidine rings is 1. The maximum Gasteiger partial charge on any atom is 0.157 e. The van der Waals surface area contributed by atoms with E-state index in [0.717, 1.165) is 47.1 Å². The van der Waals surface area contributed by atoms with E-state index in [1.54, 1.807) is 13.3 Å². The monoisotopic (exact) mass is 438 g/mol. The van der Waals surface area contributed by atoms with Gasteiger partial charge in [0.1, 0.15) is 29.1 Å². The fraction of sp³-hybridized carbons (Fsp3) is 0.522. The van der Waals surface area contributed by atoms with Gasteiger partial charge in [0.2, 0.25) is 0 Å². The van der Waals surface area contributed by atoms with Gasteiger partial charge in [0.15, 0.2) is 5.65 Å². The molecule has 0 spiro atoms. The molecule has 32 heavy (non-hydrogen) atoms. The van der Waals surface area contributed by atoms with Crippen LogP contribution in [0.1, 0.15) is 42.4 Å². The van der Waals surface area contributed by atoms with Gasteiger partial charge in [-0.2, -0.15) is 5.10 Å². The lowest BCUT2D eigenvalue weighted by atomic mass is 9.96. The molecule has 0 aromatic carbocycles. The van der Waals surface area contributed by atoms with Crippen LogP contribution >= 0.6 is 0 Å². The Morgan fingerprint density at radius 2 is 2.09 bits per heavy atom. The largest absolute Gasteiger partial charge is 0.495 e. The molecule has 1 saturated carbocycles. The first-order chi connectivity index (χ1) is 15.7. The lowest BCUT2D eigenvalue weighted by molar-refractivity contribution is 0.00855. The highest BCUT2D eigenvalue weighted by Crippen LogP contribution is 2.43. The van der Waals surface area contributed by atoms with E-state index in [0.29, 0.717) is 44.3 Å². The van der Waals surface area contributed by atoms with Crippen LogP contribution in [0.25, 0.3) is 17.0 Å².